The number of benzene rings is 1. The molecule has 3 aromatic rings. The summed E-state index contributed by atoms with van der Waals surface area (Å²) < 4.78 is 12.5. The largest absolute Gasteiger partial charge is 0.486 e. The van der Waals surface area contributed by atoms with Crippen LogP contribution in [0.15, 0.2) is 43.1 Å². The number of aromatic nitrogens is 4. The number of anilines is 1. The van der Waals surface area contributed by atoms with Crippen molar-refractivity contribution in [1.29, 1.82) is 0 Å². The SMILES string of the molecule is O=C(Cc1cc(Cl)c2c(c1)OCCO2)Nc1ccc(-n2cncn2)nc1. The van der Waals surface area contributed by atoms with Crippen LogP contribution in [0, 0.1) is 0 Å². The molecule has 3 heterocycles. The van der Waals surface area contributed by atoms with E-state index in [-0.39, 0.29) is 12.3 Å². The smallest absolute Gasteiger partial charge is 0.228 e. The van der Waals surface area contributed by atoms with Gasteiger partial charge in [-0.2, -0.15) is 5.10 Å². The number of amides is 1. The van der Waals surface area contributed by atoms with Gasteiger partial charge in [0.2, 0.25) is 5.91 Å². The second-order valence-corrected chi connectivity index (χ2v) is 5.98. The van der Waals surface area contributed by atoms with E-state index in [9.17, 15) is 4.79 Å². The summed E-state index contributed by atoms with van der Waals surface area (Å²) in [6.45, 7) is 0.924. The molecule has 9 heteroatoms. The van der Waals surface area contributed by atoms with E-state index in [1.54, 1.807) is 36.8 Å². The van der Waals surface area contributed by atoms with E-state index in [0.717, 1.165) is 5.56 Å². The van der Waals surface area contributed by atoms with Gasteiger partial charge in [-0.3, -0.25) is 4.79 Å². The van der Waals surface area contributed by atoms with Crippen LogP contribution in [0.3, 0.4) is 0 Å². The lowest BCUT2D eigenvalue weighted by Gasteiger charge is -2.20. The monoisotopic (exact) mass is 371 g/mol. The normalized spacial score (nSPS) is 12.7. The molecule has 8 nitrogen and oxygen atoms in total. The second-order valence-electron chi connectivity index (χ2n) is 5.57. The molecule has 1 aromatic carbocycles. The molecular formula is C17H14ClN5O3. The van der Waals surface area contributed by atoms with Gasteiger partial charge in [-0.15, -0.1) is 0 Å². The van der Waals surface area contributed by atoms with Crippen LogP contribution in [0.25, 0.3) is 5.82 Å². The lowest BCUT2D eigenvalue weighted by atomic mass is 10.1. The zero-order chi connectivity index (χ0) is 17.9. The summed E-state index contributed by atoms with van der Waals surface area (Å²) in [4.78, 5) is 20.4. The summed E-state index contributed by atoms with van der Waals surface area (Å²) in [7, 11) is 0. The number of halogens is 1. The number of carbonyl (C=O) groups excluding carboxylic acids is 1. The molecule has 1 N–H and O–H groups in total. The van der Waals surface area contributed by atoms with Crippen LogP contribution in [-0.4, -0.2) is 38.9 Å². The quantitative estimate of drug-likeness (QED) is 0.756. The number of nitrogens with zero attached hydrogens (tertiary/aromatic N) is 4. The molecule has 0 saturated carbocycles. The lowest BCUT2D eigenvalue weighted by molar-refractivity contribution is -0.115. The first-order chi connectivity index (χ1) is 12.7. The predicted octanol–water partition coefficient (Wildman–Crippen LogP) is 2.27. The molecule has 26 heavy (non-hydrogen) atoms. The topological polar surface area (TPSA) is 91.2 Å². The fourth-order valence-electron chi connectivity index (χ4n) is 2.58. The highest BCUT2D eigenvalue weighted by atomic mass is 35.5. The molecule has 0 atom stereocenters. The van der Waals surface area contributed by atoms with Crippen LogP contribution in [0.5, 0.6) is 11.5 Å². The average molecular weight is 372 g/mol. The fourth-order valence-corrected chi connectivity index (χ4v) is 2.87. The zero-order valence-electron chi connectivity index (χ0n) is 13.6. The van der Waals surface area contributed by atoms with Crippen molar-refractivity contribution in [3.8, 4) is 17.3 Å². The van der Waals surface area contributed by atoms with E-state index >= 15 is 0 Å². The maximum Gasteiger partial charge on any atom is 0.228 e. The van der Waals surface area contributed by atoms with Gasteiger partial charge >= 0.3 is 0 Å². The van der Waals surface area contributed by atoms with E-state index in [0.29, 0.717) is 41.2 Å². The molecule has 0 bridgehead atoms. The number of nitrogens with one attached hydrogen (secondary N) is 1. The summed E-state index contributed by atoms with van der Waals surface area (Å²) >= 11 is 6.20. The van der Waals surface area contributed by atoms with Gasteiger partial charge in [-0.25, -0.2) is 14.6 Å². The molecule has 2 aromatic heterocycles. The van der Waals surface area contributed by atoms with E-state index in [2.05, 4.69) is 20.4 Å². The number of carbonyl (C=O) groups is 1. The number of hydrogen-bond acceptors (Lipinski definition) is 6. The van der Waals surface area contributed by atoms with Crippen molar-refractivity contribution in [2.75, 3.05) is 18.5 Å². The van der Waals surface area contributed by atoms with E-state index in [4.69, 9.17) is 21.1 Å². The number of fused-ring (bicyclic) bond motifs is 1. The van der Waals surface area contributed by atoms with Crippen molar-refractivity contribution in [3.05, 3.63) is 53.7 Å². The van der Waals surface area contributed by atoms with E-state index in [1.807, 2.05) is 0 Å². The van der Waals surface area contributed by atoms with Gasteiger partial charge in [0.1, 0.15) is 25.9 Å². The predicted molar refractivity (Wildman–Crippen MR) is 93.9 cm³/mol. The Morgan fingerprint density at radius 3 is 2.92 bits per heavy atom. The number of ether oxygens (including phenoxy) is 2. The van der Waals surface area contributed by atoms with Crippen LogP contribution in [-0.2, 0) is 11.2 Å². The minimum absolute atomic E-state index is 0.154. The van der Waals surface area contributed by atoms with E-state index < -0.39 is 0 Å². The molecule has 1 amide bonds. The Balaban J connectivity index is 1.43. The van der Waals surface area contributed by atoms with Crippen molar-refractivity contribution >= 4 is 23.2 Å². The lowest BCUT2D eigenvalue weighted by Crippen LogP contribution is -2.17. The van der Waals surface area contributed by atoms with Crippen molar-refractivity contribution in [2.24, 2.45) is 0 Å². The van der Waals surface area contributed by atoms with Gasteiger partial charge in [0, 0.05) is 0 Å². The molecule has 4 rings (SSSR count). The Labute approximate surface area is 153 Å². The van der Waals surface area contributed by atoms with Gasteiger partial charge in [0.15, 0.2) is 17.3 Å². The van der Waals surface area contributed by atoms with Crippen molar-refractivity contribution in [3.63, 3.8) is 0 Å². The Morgan fingerprint density at radius 1 is 1.27 bits per heavy atom. The van der Waals surface area contributed by atoms with E-state index in [1.165, 1.54) is 11.0 Å². The summed E-state index contributed by atoms with van der Waals surface area (Å²) in [5.74, 6) is 1.51. The molecule has 1 aliphatic rings. The van der Waals surface area contributed by atoms with Gasteiger partial charge in [0.05, 0.1) is 23.3 Å². The zero-order valence-corrected chi connectivity index (χ0v) is 14.3. The fraction of sp³-hybridized carbons (Fsp3) is 0.176. The molecule has 0 spiro atoms. The third-order valence-corrected chi connectivity index (χ3v) is 3.99. The summed E-state index contributed by atoms with van der Waals surface area (Å²) in [6, 6.07) is 6.97. The van der Waals surface area contributed by atoms with Crippen LogP contribution in [0.4, 0.5) is 5.69 Å². The van der Waals surface area contributed by atoms with Gasteiger partial charge < -0.3 is 14.8 Å². The minimum Gasteiger partial charge on any atom is -0.486 e. The standard InChI is InChI=1S/C17H14ClN5O3/c18-13-5-11(6-14-17(13)26-4-3-25-14)7-16(24)22-12-1-2-15(20-8-12)23-10-19-9-21-23/h1-2,5-6,8-10H,3-4,7H2,(H,22,24). The molecule has 0 radical (unpaired) electrons. The van der Waals surface area contributed by atoms with Crippen molar-refractivity contribution in [2.45, 2.75) is 6.42 Å². The second kappa shape index (κ2) is 7.01. The molecule has 0 unspecified atom stereocenters. The number of rotatable bonds is 4. The van der Waals surface area contributed by atoms with Crippen molar-refractivity contribution < 1.29 is 14.3 Å². The summed E-state index contributed by atoms with van der Waals surface area (Å²) in [5.41, 5.74) is 1.33. The van der Waals surface area contributed by atoms with Gasteiger partial charge in [-0.1, -0.05) is 11.6 Å². The first-order valence-corrected chi connectivity index (χ1v) is 8.26. The highest BCUT2D eigenvalue weighted by Gasteiger charge is 2.17. The van der Waals surface area contributed by atoms with Crippen LogP contribution in [0.2, 0.25) is 5.02 Å². The average Bonchev–Trinajstić information content (AvgIpc) is 3.17. The highest BCUT2D eigenvalue weighted by Crippen LogP contribution is 2.38. The number of pyridine rings is 1. The molecule has 132 valence electrons. The van der Waals surface area contributed by atoms with Gasteiger partial charge in [-0.05, 0) is 29.8 Å². The molecular weight excluding hydrogens is 358 g/mol. The first-order valence-electron chi connectivity index (χ1n) is 7.88. The summed E-state index contributed by atoms with van der Waals surface area (Å²) in [6.07, 6.45) is 4.69. The third kappa shape index (κ3) is 3.45. The van der Waals surface area contributed by atoms with Gasteiger partial charge in [0.25, 0.3) is 0 Å². The molecule has 0 aliphatic carbocycles. The third-order valence-electron chi connectivity index (χ3n) is 3.71. The van der Waals surface area contributed by atoms with Crippen LogP contribution < -0.4 is 14.8 Å². The maximum atomic E-state index is 12.3. The minimum atomic E-state index is -0.187. The Morgan fingerprint density at radius 2 is 2.15 bits per heavy atom. The summed E-state index contributed by atoms with van der Waals surface area (Å²) in [5, 5.41) is 7.23. The first kappa shape index (κ1) is 16.3. The molecule has 0 saturated heterocycles. The number of hydrogen-bond donors (Lipinski definition) is 1. The highest BCUT2D eigenvalue weighted by molar-refractivity contribution is 6.32. The molecule has 1 aliphatic heterocycles. The molecule has 0 fully saturated rings. The van der Waals surface area contributed by atoms with Crippen molar-refractivity contribution in [1.82, 2.24) is 19.7 Å². The Hall–Kier alpha value is -3.13. The maximum absolute atomic E-state index is 12.3. The van der Waals surface area contributed by atoms with Crippen LogP contribution >= 0.6 is 11.6 Å². The Kier molecular flexibility index (Phi) is 4.40. The Bertz CT molecular complexity index is 928. The van der Waals surface area contributed by atoms with Crippen LogP contribution in [0.1, 0.15) is 5.56 Å².